The van der Waals surface area contributed by atoms with E-state index < -0.39 is 11.5 Å². The van der Waals surface area contributed by atoms with Crippen LogP contribution in [0.25, 0.3) is 0 Å². The van der Waals surface area contributed by atoms with Gasteiger partial charge in [-0.1, -0.05) is 23.7 Å². The monoisotopic (exact) mass is 282 g/mol. The SMILES string of the molecule is CCOC(=O)NNC(=O)C1(c2cccc(Cl)c2)CC1. The van der Waals surface area contributed by atoms with Gasteiger partial charge in [-0.15, -0.1) is 0 Å². The first-order valence-electron chi connectivity index (χ1n) is 6.08. The Balaban J connectivity index is 2.01. The third kappa shape index (κ3) is 2.98. The van der Waals surface area contributed by atoms with Gasteiger partial charge in [0.1, 0.15) is 0 Å². The van der Waals surface area contributed by atoms with E-state index in [2.05, 4.69) is 15.6 Å². The molecule has 0 unspecified atom stereocenters. The van der Waals surface area contributed by atoms with E-state index in [4.69, 9.17) is 11.6 Å². The third-order valence-corrected chi connectivity index (χ3v) is 3.35. The molecule has 2 amide bonds. The molecule has 1 aliphatic rings. The number of carbonyl (C=O) groups is 2. The smallest absolute Gasteiger partial charge is 0.426 e. The quantitative estimate of drug-likeness (QED) is 0.835. The summed E-state index contributed by atoms with van der Waals surface area (Å²) in [7, 11) is 0. The fourth-order valence-electron chi connectivity index (χ4n) is 1.95. The van der Waals surface area contributed by atoms with Gasteiger partial charge < -0.3 is 4.74 Å². The van der Waals surface area contributed by atoms with Crippen molar-refractivity contribution < 1.29 is 14.3 Å². The van der Waals surface area contributed by atoms with E-state index in [1.807, 2.05) is 12.1 Å². The first kappa shape index (κ1) is 13.7. The molecular weight excluding hydrogens is 268 g/mol. The fourth-order valence-corrected chi connectivity index (χ4v) is 2.14. The Labute approximate surface area is 116 Å². The number of nitrogens with one attached hydrogen (secondary N) is 2. The molecule has 0 radical (unpaired) electrons. The van der Waals surface area contributed by atoms with Crippen LogP contribution in [0.15, 0.2) is 24.3 Å². The first-order valence-corrected chi connectivity index (χ1v) is 6.45. The zero-order chi connectivity index (χ0) is 13.9. The molecule has 2 rings (SSSR count). The molecule has 19 heavy (non-hydrogen) atoms. The lowest BCUT2D eigenvalue weighted by atomic mass is 9.95. The number of hydrogen-bond acceptors (Lipinski definition) is 3. The fraction of sp³-hybridized carbons (Fsp3) is 0.385. The molecule has 102 valence electrons. The summed E-state index contributed by atoms with van der Waals surface area (Å²) in [4.78, 5) is 23.2. The van der Waals surface area contributed by atoms with Gasteiger partial charge in [0, 0.05) is 5.02 Å². The molecule has 6 heteroatoms. The van der Waals surface area contributed by atoms with Crippen molar-refractivity contribution in [3.8, 4) is 0 Å². The highest BCUT2D eigenvalue weighted by Crippen LogP contribution is 2.48. The van der Waals surface area contributed by atoms with Crippen molar-refractivity contribution in [2.75, 3.05) is 6.61 Å². The number of amides is 2. The maximum atomic E-state index is 12.1. The zero-order valence-corrected chi connectivity index (χ0v) is 11.3. The third-order valence-electron chi connectivity index (χ3n) is 3.12. The summed E-state index contributed by atoms with van der Waals surface area (Å²) in [5, 5.41) is 0.593. The Bertz CT molecular complexity index is 500. The molecule has 0 aromatic heterocycles. The minimum atomic E-state index is -0.669. The highest BCUT2D eigenvalue weighted by molar-refractivity contribution is 6.30. The minimum Gasteiger partial charge on any atom is -0.449 e. The number of benzene rings is 1. The topological polar surface area (TPSA) is 67.4 Å². The maximum absolute atomic E-state index is 12.1. The Morgan fingerprint density at radius 1 is 1.37 bits per heavy atom. The van der Waals surface area contributed by atoms with Gasteiger partial charge in [0.25, 0.3) is 0 Å². The van der Waals surface area contributed by atoms with E-state index in [0.29, 0.717) is 5.02 Å². The summed E-state index contributed by atoms with van der Waals surface area (Å²) in [6.45, 7) is 1.94. The van der Waals surface area contributed by atoms with Crippen molar-refractivity contribution in [1.82, 2.24) is 10.9 Å². The molecule has 5 nitrogen and oxygen atoms in total. The summed E-state index contributed by atoms with van der Waals surface area (Å²) < 4.78 is 4.66. The van der Waals surface area contributed by atoms with Crippen molar-refractivity contribution in [1.29, 1.82) is 0 Å². The summed E-state index contributed by atoms with van der Waals surface area (Å²) in [6, 6.07) is 7.21. The van der Waals surface area contributed by atoms with Crippen molar-refractivity contribution >= 4 is 23.6 Å². The molecule has 0 spiro atoms. The average Bonchev–Trinajstić information content (AvgIpc) is 3.18. The van der Waals surface area contributed by atoms with Gasteiger partial charge in [-0.05, 0) is 37.5 Å². The molecular formula is C13H15ClN2O3. The van der Waals surface area contributed by atoms with Crippen molar-refractivity contribution in [3.63, 3.8) is 0 Å². The molecule has 1 aromatic rings. The second-order valence-electron chi connectivity index (χ2n) is 4.39. The number of carbonyl (C=O) groups excluding carboxylic acids is 2. The number of halogens is 1. The van der Waals surface area contributed by atoms with Gasteiger partial charge in [-0.2, -0.15) is 0 Å². The highest BCUT2D eigenvalue weighted by Gasteiger charge is 2.51. The van der Waals surface area contributed by atoms with E-state index in [-0.39, 0.29) is 12.5 Å². The highest BCUT2D eigenvalue weighted by atomic mass is 35.5. The second kappa shape index (κ2) is 5.48. The molecule has 1 saturated carbocycles. The van der Waals surface area contributed by atoms with Crippen LogP contribution in [-0.4, -0.2) is 18.6 Å². The largest absolute Gasteiger partial charge is 0.449 e. The number of rotatable bonds is 3. The van der Waals surface area contributed by atoms with Crippen molar-refractivity contribution in [3.05, 3.63) is 34.9 Å². The van der Waals surface area contributed by atoms with Gasteiger partial charge in [0.15, 0.2) is 0 Å². The minimum absolute atomic E-state index is 0.247. The van der Waals surface area contributed by atoms with Crippen LogP contribution in [0.2, 0.25) is 5.02 Å². The van der Waals surface area contributed by atoms with E-state index >= 15 is 0 Å². The number of hydrazine groups is 1. The Hall–Kier alpha value is -1.75. The lowest BCUT2D eigenvalue weighted by Gasteiger charge is -2.16. The lowest BCUT2D eigenvalue weighted by Crippen LogP contribution is -2.46. The predicted octanol–water partition coefficient (Wildman–Crippen LogP) is 2.15. The van der Waals surface area contributed by atoms with Crippen LogP contribution in [0.5, 0.6) is 0 Å². The van der Waals surface area contributed by atoms with Crippen LogP contribution >= 0.6 is 11.6 Å². The molecule has 1 aromatic carbocycles. The van der Waals surface area contributed by atoms with Crippen LogP contribution in [0.3, 0.4) is 0 Å². The number of hydrogen-bond donors (Lipinski definition) is 2. The first-order chi connectivity index (χ1) is 9.08. The van der Waals surface area contributed by atoms with Crippen LogP contribution in [0, 0.1) is 0 Å². The normalized spacial score (nSPS) is 15.5. The van der Waals surface area contributed by atoms with Crippen LogP contribution in [0.1, 0.15) is 25.3 Å². The number of ether oxygens (including phenoxy) is 1. The van der Waals surface area contributed by atoms with Gasteiger partial charge in [-0.3, -0.25) is 10.2 Å². The Morgan fingerprint density at radius 3 is 2.68 bits per heavy atom. The molecule has 0 heterocycles. The van der Waals surface area contributed by atoms with Gasteiger partial charge in [-0.25, -0.2) is 10.2 Å². The molecule has 0 saturated heterocycles. The Morgan fingerprint density at radius 2 is 2.11 bits per heavy atom. The molecule has 1 aliphatic carbocycles. The molecule has 0 atom stereocenters. The Kier molecular flexibility index (Phi) is 3.95. The summed E-state index contributed by atoms with van der Waals surface area (Å²) in [5.41, 5.74) is 4.89. The molecule has 0 bridgehead atoms. The second-order valence-corrected chi connectivity index (χ2v) is 4.83. The van der Waals surface area contributed by atoms with Crippen LogP contribution in [-0.2, 0) is 14.9 Å². The molecule has 1 fully saturated rings. The standard InChI is InChI=1S/C13H15ClN2O3/c1-2-19-12(18)16-15-11(17)13(6-7-13)9-4-3-5-10(14)8-9/h3-5,8H,2,6-7H2,1H3,(H,15,17)(H,16,18). The van der Waals surface area contributed by atoms with Gasteiger partial charge >= 0.3 is 6.09 Å². The van der Waals surface area contributed by atoms with Crippen LogP contribution in [0.4, 0.5) is 4.79 Å². The lowest BCUT2D eigenvalue weighted by molar-refractivity contribution is -0.124. The van der Waals surface area contributed by atoms with E-state index in [1.54, 1.807) is 19.1 Å². The van der Waals surface area contributed by atoms with E-state index in [1.165, 1.54) is 0 Å². The predicted molar refractivity (Wildman–Crippen MR) is 70.7 cm³/mol. The summed E-state index contributed by atoms with van der Waals surface area (Å²) in [6.07, 6.45) is 0.811. The maximum Gasteiger partial charge on any atom is 0.426 e. The molecule has 0 aliphatic heterocycles. The summed E-state index contributed by atoms with van der Waals surface area (Å²) in [5.74, 6) is -0.247. The summed E-state index contributed by atoms with van der Waals surface area (Å²) >= 11 is 5.93. The zero-order valence-electron chi connectivity index (χ0n) is 10.5. The van der Waals surface area contributed by atoms with Crippen molar-refractivity contribution in [2.45, 2.75) is 25.2 Å². The van der Waals surface area contributed by atoms with Crippen LogP contribution < -0.4 is 10.9 Å². The average molecular weight is 283 g/mol. The van der Waals surface area contributed by atoms with E-state index in [0.717, 1.165) is 18.4 Å². The van der Waals surface area contributed by atoms with E-state index in [9.17, 15) is 9.59 Å². The van der Waals surface area contributed by atoms with Gasteiger partial charge in [0.2, 0.25) is 5.91 Å². The van der Waals surface area contributed by atoms with Gasteiger partial charge in [0.05, 0.1) is 12.0 Å². The van der Waals surface area contributed by atoms with Crippen molar-refractivity contribution in [2.24, 2.45) is 0 Å². The molecule has 2 N–H and O–H groups in total.